The highest BCUT2D eigenvalue weighted by atomic mass is 35.5. The summed E-state index contributed by atoms with van der Waals surface area (Å²) < 4.78 is 3.35. The lowest BCUT2D eigenvalue weighted by atomic mass is 10.1. The van der Waals surface area contributed by atoms with Crippen LogP contribution in [0.3, 0.4) is 0 Å². The number of anilines is 1. The van der Waals surface area contributed by atoms with Crippen molar-refractivity contribution in [1.82, 2.24) is 19.3 Å². The molecule has 3 heterocycles. The molecule has 0 fully saturated rings. The summed E-state index contributed by atoms with van der Waals surface area (Å²) in [6.07, 6.45) is 5.30. The summed E-state index contributed by atoms with van der Waals surface area (Å²) in [5, 5.41) is 7.90. The van der Waals surface area contributed by atoms with Gasteiger partial charge in [0.1, 0.15) is 12.4 Å². The average Bonchev–Trinajstić information content (AvgIpc) is 3.25. The molecule has 5 rings (SSSR count). The fraction of sp³-hybridized carbons (Fsp3) is 0.200. The lowest BCUT2D eigenvalue weighted by Crippen LogP contribution is -2.29. The van der Waals surface area contributed by atoms with E-state index in [0.717, 1.165) is 53.1 Å². The van der Waals surface area contributed by atoms with E-state index in [1.807, 2.05) is 42.6 Å². The summed E-state index contributed by atoms with van der Waals surface area (Å²) in [7, 11) is 0. The van der Waals surface area contributed by atoms with Gasteiger partial charge in [-0.1, -0.05) is 41.9 Å². The predicted octanol–water partition coefficient (Wildman–Crippen LogP) is 4.40. The van der Waals surface area contributed by atoms with Gasteiger partial charge in [-0.2, -0.15) is 5.10 Å². The minimum Gasteiger partial charge on any atom is -0.334 e. The predicted molar refractivity (Wildman–Crippen MR) is 128 cm³/mol. The zero-order valence-electron chi connectivity index (χ0n) is 17.9. The molecule has 0 saturated heterocycles. The van der Waals surface area contributed by atoms with E-state index in [1.54, 1.807) is 18.2 Å². The Morgan fingerprint density at radius 3 is 2.64 bits per heavy atom. The van der Waals surface area contributed by atoms with E-state index in [2.05, 4.69) is 15.0 Å². The van der Waals surface area contributed by atoms with Gasteiger partial charge in [-0.25, -0.2) is 9.67 Å². The third kappa shape index (κ3) is 4.59. The van der Waals surface area contributed by atoms with Crippen LogP contribution < -0.4 is 10.9 Å². The normalized spacial score (nSPS) is 12.9. The van der Waals surface area contributed by atoms with Crippen LogP contribution in [0.1, 0.15) is 18.7 Å². The zero-order chi connectivity index (χ0) is 22.8. The van der Waals surface area contributed by atoms with E-state index in [-0.39, 0.29) is 18.0 Å². The van der Waals surface area contributed by atoms with Crippen molar-refractivity contribution in [1.29, 1.82) is 0 Å². The van der Waals surface area contributed by atoms with Gasteiger partial charge in [-0.15, -0.1) is 0 Å². The summed E-state index contributed by atoms with van der Waals surface area (Å²) >= 11 is 5.95. The Morgan fingerprint density at radius 1 is 1.00 bits per heavy atom. The summed E-state index contributed by atoms with van der Waals surface area (Å²) in [5.41, 5.74) is 3.38. The molecule has 0 saturated carbocycles. The Labute approximate surface area is 195 Å². The summed E-state index contributed by atoms with van der Waals surface area (Å²) in [6, 6.07) is 17.8. The number of para-hydroxylation sites is 1. The number of aromatic nitrogens is 4. The molecule has 0 aliphatic carbocycles. The molecular weight excluding hydrogens is 438 g/mol. The first-order chi connectivity index (χ1) is 16.1. The minimum atomic E-state index is -0.349. The minimum absolute atomic E-state index is 0.200. The molecule has 0 unspecified atom stereocenters. The number of amides is 1. The van der Waals surface area contributed by atoms with Crippen LogP contribution in [0.2, 0.25) is 5.02 Å². The van der Waals surface area contributed by atoms with Crippen LogP contribution >= 0.6 is 11.6 Å². The number of fused-ring (bicyclic) bond motifs is 1. The summed E-state index contributed by atoms with van der Waals surface area (Å²) in [4.78, 5) is 30.0. The van der Waals surface area contributed by atoms with Gasteiger partial charge in [-0.05, 0) is 37.1 Å². The number of aryl methyl sites for hydroxylation is 2. The molecule has 2 aromatic heterocycles. The molecule has 0 bridgehead atoms. The third-order valence-corrected chi connectivity index (χ3v) is 5.94. The Hall–Kier alpha value is -3.71. The van der Waals surface area contributed by atoms with Crippen molar-refractivity contribution in [2.45, 2.75) is 32.4 Å². The maximum absolute atomic E-state index is 12.9. The Bertz CT molecular complexity index is 1350. The Morgan fingerprint density at radius 2 is 1.82 bits per heavy atom. The molecule has 1 amide bonds. The fourth-order valence-electron chi connectivity index (χ4n) is 4.02. The van der Waals surface area contributed by atoms with Crippen LogP contribution in [-0.2, 0) is 24.3 Å². The van der Waals surface area contributed by atoms with Crippen LogP contribution in [0.4, 0.5) is 5.69 Å². The van der Waals surface area contributed by atoms with Gasteiger partial charge < -0.3 is 9.88 Å². The van der Waals surface area contributed by atoms with Crippen molar-refractivity contribution in [2.75, 3.05) is 5.32 Å². The summed E-state index contributed by atoms with van der Waals surface area (Å²) in [6.45, 7) is 0.768. The first kappa shape index (κ1) is 21.2. The monoisotopic (exact) mass is 459 g/mol. The molecule has 2 aromatic carbocycles. The van der Waals surface area contributed by atoms with Gasteiger partial charge in [0.05, 0.1) is 17.1 Å². The van der Waals surface area contributed by atoms with Gasteiger partial charge in [0.2, 0.25) is 5.91 Å². The van der Waals surface area contributed by atoms with Crippen molar-refractivity contribution in [2.24, 2.45) is 0 Å². The van der Waals surface area contributed by atoms with Crippen molar-refractivity contribution in [3.63, 3.8) is 0 Å². The van der Waals surface area contributed by atoms with E-state index in [4.69, 9.17) is 16.6 Å². The molecule has 4 aromatic rings. The molecule has 0 spiro atoms. The van der Waals surface area contributed by atoms with E-state index in [1.165, 1.54) is 6.07 Å². The standard InChI is InChI=1S/C25H22ClN5O2/c26-18-10-8-17(9-11-18)20-12-13-25(33)31(29-20)16-24(32)28-21-6-2-1-5-19(21)22-15-30-14-4-3-7-23(30)27-22/h1-2,5-6,8-13,15H,3-4,7,14,16H2,(H,28,32). The molecule has 8 heteroatoms. The number of rotatable bonds is 5. The van der Waals surface area contributed by atoms with Gasteiger partial charge in [0.15, 0.2) is 0 Å². The van der Waals surface area contributed by atoms with Crippen molar-refractivity contribution in [3.8, 4) is 22.5 Å². The topological polar surface area (TPSA) is 81.8 Å². The number of halogens is 1. The van der Waals surface area contributed by atoms with Crippen LogP contribution in [0.15, 0.2) is 71.7 Å². The lowest BCUT2D eigenvalue weighted by Gasteiger charge is -2.11. The number of carbonyl (C=O) groups is 1. The highest BCUT2D eigenvalue weighted by Gasteiger charge is 2.16. The quantitative estimate of drug-likeness (QED) is 0.479. The molecule has 7 nitrogen and oxygen atoms in total. The number of nitrogens with one attached hydrogen (secondary N) is 1. The van der Waals surface area contributed by atoms with Crippen LogP contribution in [0.5, 0.6) is 0 Å². The third-order valence-electron chi connectivity index (χ3n) is 5.69. The number of benzene rings is 2. The number of imidazole rings is 1. The number of hydrogen-bond acceptors (Lipinski definition) is 4. The molecule has 166 valence electrons. The van der Waals surface area contributed by atoms with Gasteiger partial charge in [0.25, 0.3) is 5.56 Å². The molecule has 1 aliphatic rings. The van der Waals surface area contributed by atoms with Gasteiger partial charge in [0, 0.05) is 41.4 Å². The first-order valence-electron chi connectivity index (χ1n) is 10.9. The highest BCUT2D eigenvalue weighted by molar-refractivity contribution is 6.30. The molecular formula is C25H22ClN5O2. The highest BCUT2D eigenvalue weighted by Crippen LogP contribution is 2.29. The number of carbonyl (C=O) groups excluding carboxylic acids is 1. The fourth-order valence-corrected chi connectivity index (χ4v) is 4.15. The first-order valence-corrected chi connectivity index (χ1v) is 11.2. The van der Waals surface area contributed by atoms with Crippen molar-refractivity contribution >= 4 is 23.2 Å². The largest absolute Gasteiger partial charge is 0.334 e. The van der Waals surface area contributed by atoms with E-state index in [9.17, 15) is 9.59 Å². The van der Waals surface area contributed by atoms with Crippen molar-refractivity contribution in [3.05, 3.63) is 88.1 Å². The maximum Gasteiger partial charge on any atom is 0.267 e. The van der Waals surface area contributed by atoms with E-state index < -0.39 is 0 Å². The van der Waals surface area contributed by atoms with Crippen LogP contribution in [0.25, 0.3) is 22.5 Å². The second-order valence-electron chi connectivity index (χ2n) is 8.01. The molecule has 33 heavy (non-hydrogen) atoms. The van der Waals surface area contributed by atoms with Crippen LogP contribution in [0, 0.1) is 0 Å². The summed E-state index contributed by atoms with van der Waals surface area (Å²) in [5.74, 6) is 0.737. The molecule has 1 N–H and O–H groups in total. The van der Waals surface area contributed by atoms with Crippen molar-refractivity contribution < 1.29 is 4.79 Å². The molecule has 0 atom stereocenters. The smallest absolute Gasteiger partial charge is 0.267 e. The second-order valence-corrected chi connectivity index (χ2v) is 8.44. The molecule has 1 aliphatic heterocycles. The number of nitrogens with zero attached hydrogens (tertiary/aromatic N) is 4. The van der Waals surface area contributed by atoms with E-state index in [0.29, 0.717) is 16.4 Å². The average molecular weight is 460 g/mol. The van der Waals surface area contributed by atoms with Gasteiger partial charge in [-0.3, -0.25) is 9.59 Å². The number of hydrogen-bond donors (Lipinski definition) is 1. The molecule has 0 radical (unpaired) electrons. The zero-order valence-corrected chi connectivity index (χ0v) is 18.6. The maximum atomic E-state index is 12.9. The Kier molecular flexibility index (Phi) is 5.79. The SMILES string of the molecule is O=C(Cn1nc(-c2ccc(Cl)cc2)ccc1=O)Nc1ccccc1-c1cn2c(n1)CCCC2. The van der Waals surface area contributed by atoms with Crippen LogP contribution in [-0.4, -0.2) is 25.2 Å². The lowest BCUT2D eigenvalue weighted by molar-refractivity contribution is -0.117. The Balaban J connectivity index is 1.37. The van der Waals surface area contributed by atoms with E-state index >= 15 is 0 Å². The second kappa shape index (κ2) is 9.03. The van der Waals surface area contributed by atoms with Gasteiger partial charge >= 0.3 is 0 Å².